The van der Waals surface area contributed by atoms with Crippen LogP contribution in [0.1, 0.15) is 41.0 Å². The number of fused-ring (bicyclic) bond motifs is 6. The van der Waals surface area contributed by atoms with Crippen LogP contribution in [0.3, 0.4) is 0 Å². The fraction of sp³-hybridized carbons (Fsp3) is 0.103. The van der Waals surface area contributed by atoms with Gasteiger partial charge in [-0.25, -0.2) is 15.0 Å². The van der Waals surface area contributed by atoms with Crippen LogP contribution in [0.15, 0.2) is 130 Å². The van der Waals surface area contributed by atoms with E-state index in [9.17, 15) is 0 Å². The van der Waals surface area contributed by atoms with E-state index >= 15 is 0 Å². The number of allylic oxidation sites excluding steroid dienone is 5. The highest BCUT2D eigenvalue weighted by atomic mass is 16.3. The molecule has 0 bridgehead atoms. The van der Waals surface area contributed by atoms with Crippen molar-refractivity contribution in [1.82, 2.24) is 15.0 Å². The first-order chi connectivity index (χ1) is 21.8. The summed E-state index contributed by atoms with van der Waals surface area (Å²) in [5.74, 6) is 3.29. The van der Waals surface area contributed by atoms with Crippen LogP contribution in [-0.2, 0) is 6.42 Å². The molecule has 5 nitrogen and oxygen atoms in total. The molecule has 0 aliphatic heterocycles. The van der Waals surface area contributed by atoms with E-state index in [0.717, 1.165) is 74.0 Å². The monoisotopic (exact) mass is 569 g/mol. The maximum atomic E-state index is 6.49. The predicted molar refractivity (Wildman–Crippen MR) is 175 cm³/mol. The maximum Gasteiger partial charge on any atom is 0.164 e. The third kappa shape index (κ3) is 4.12. The zero-order valence-electron chi connectivity index (χ0n) is 23.9. The summed E-state index contributed by atoms with van der Waals surface area (Å²) < 4.78 is 12.8. The van der Waals surface area contributed by atoms with E-state index in [-0.39, 0.29) is 11.8 Å². The van der Waals surface area contributed by atoms with Crippen LogP contribution in [0.4, 0.5) is 0 Å². The van der Waals surface area contributed by atoms with Crippen LogP contribution in [0.2, 0.25) is 0 Å². The van der Waals surface area contributed by atoms with E-state index in [1.807, 2.05) is 42.5 Å². The van der Waals surface area contributed by atoms with Crippen molar-refractivity contribution < 1.29 is 8.83 Å². The average Bonchev–Trinajstić information content (AvgIpc) is 3.66. The number of hydrogen-bond donors (Lipinski definition) is 0. The number of hydrogen-bond acceptors (Lipinski definition) is 5. The molecule has 2 atom stereocenters. The molecule has 3 aromatic heterocycles. The molecule has 210 valence electrons. The molecule has 0 spiro atoms. The third-order valence-corrected chi connectivity index (χ3v) is 8.78. The molecule has 2 aliphatic rings. The van der Waals surface area contributed by atoms with E-state index in [0.29, 0.717) is 11.6 Å². The van der Waals surface area contributed by atoms with Crippen molar-refractivity contribution >= 4 is 39.0 Å². The quantitative estimate of drug-likeness (QED) is 0.211. The van der Waals surface area contributed by atoms with Gasteiger partial charge in [-0.15, -0.1) is 0 Å². The van der Waals surface area contributed by atoms with E-state index < -0.39 is 0 Å². The van der Waals surface area contributed by atoms with Crippen LogP contribution in [-0.4, -0.2) is 15.0 Å². The Kier molecular flexibility index (Phi) is 5.69. The lowest BCUT2D eigenvalue weighted by Gasteiger charge is -2.18. The Bertz CT molecular complexity index is 2310. The minimum Gasteiger partial charge on any atom is -0.460 e. The zero-order chi connectivity index (χ0) is 29.0. The fourth-order valence-corrected chi connectivity index (χ4v) is 6.59. The van der Waals surface area contributed by atoms with Gasteiger partial charge in [-0.05, 0) is 36.2 Å². The van der Waals surface area contributed by atoms with E-state index in [4.69, 9.17) is 23.8 Å². The van der Waals surface area contributed by atoms with Gasteiger partial charge in [-0.2, -0.15) is 0 Å². The first-order valence-corrected chi connectivity index (χ1v) is 15.1. The highest BCUT2D eigenvalue weighted by Gasteiger charge is 2.25. The van der Waals surface area contributed by atoms with Gasteiger partial charge in [-0.3, -0.25) is 0 Å². The highest BCUT2D eigenvalue weighted by molar-refractivity contribution is 6.12. The summed E-state index contributed by atoms with van der Waals surface area (Å²) in [5, 5.41) is 3.22. The summed E-state index contributed by atoms with van der Waals surface area (Å²) >= 11 is 0. The predicted octanol–water partition coefficient (Wildman–Crippen LogP) is 9.80. The molecule has 0 radical (unpaired) electrons. The highest BCUT2D eigenvalue weighted by Crippen LogP contribution is 2.42. The van der Waals surface area contributed by atoms with Crippen molar-refractivity contribution in [2.75, 3.05) is 0 Å². The molecule has 44 heavy (non-hydrogen) atoms. The molecule has 7 aromatic rings. The fourth-order valence-electron chi connectivity index (χ4n) is 6.59. The molecule has 5 heteroatoms. The second kappa shape index (κ2) is 10.0. The van der Waals surface area contributed by atoms with Crippen molar-refractivity contribution in [2.24, 2.45) is 0 Å². The Morgan fingerprint density at radius 1 is 0.636 bits per heavy atom. The lowest BCUT2D eigenvalue weighted by molar-refractivity contribution is 0.532. The van der Waals surface area contributed by atoms with E-state index in [1.54, 1.807) is 0 Å². The summed E-state index contributed by atoms with van der Waals surface area (Å²) in [4.78, 5) is 15.3. The van der Waals surface area contributed by atoms with Crippen molar-refractivity contribution in [1.29, 1.82) is 0 Å². The molecule has 9 rings (SSSR count). The van der Waals surface area contributed by atoms with Gasteiger partial charge in [0.15, 0.2) is 11.6 Å². The zero-order valence-corrected chi connectivity index (χ0v) is 23.9. The van der Waals surface area contributed by atoms with Crippen molar-refractivity contribution in [3.63, 3.8) is 0 Å². The Morgan fingerprint density at radius 2 is 1.41 bits per heavy atom. The Labute approximate surface area is 253 Å². The van der Waals surface area contributed by atoms with Gasteiger partial charge in [0.2, 0.25) is 0 Å². The largest absolute Gasteiger partial charge is 0.460 e. The average molecular weight is 570 g/mol. The number of benzene rings is 4. The topological polar surface area (TPSA) is 65.0 Å². The van der Waals surface area contributed by atoms with Crippen LogP contribution in [0.5, 0.6) is 0 Å². The summed E-state index contributed by atoms with van der Waals surface area (Å²) in [6.07, 6.45) is 14.6. The summed E-state index contributed by atoms with van der Waals surface area (Å²) in [7, 11) is 0. The standard InChI is InChI=1S/C39H27N3O2/c1-3-11-24(12-4-1)37-40-38(25-13-5-2-6-14-25)42-39(41-37)31-21-27(23-35-36(31)30-16-8-10-18-33(30)44-35)26-19-20-29-28-15-7-9-17-32(28)43-34(29)22-26/h1-13,15-21,23,25-26H,14,22H2. The normalized spacial score (nSPS) is 17.5. The number of rotatable bonds is 4. The maximum absolute atomic E-state index is 6.49. The molecule has 2 unspecified atom stereocenters. The molecule has 0 N–H and O–H groups in total. The van der Waals surface area contributed by atoms with Crippen molar-refractivity contribution in [2.45, 2.75) is 24.7 Å². The van der Waals surface area contributed by atoms with Crippen LogP contribution in [0.25, 0.3) is 61.8 Å². The third-order valence-electron chi connectivity index (χ3n) is 8.78. The number of furan rings is 2. The second-order valence-corrected chi connectivity index (χ2v) is 11.5. The molecular formula is C39H27N3O2. The van der Waals surface area contributed by atoms with Crippen molar-refractivity contribution in [3.05, 3.63) is 144 Å². The summed E-state index contributed by atoms with van der Waals surface area (Å²) in [6.45, 7) is 0. The van der Waals surface area contributed by atoms with Gasteiger partial charge in [0.25, 0.3) is 0 Å². The van der Waals surface area contributed by atoms with Gasteiger partial charge >= 0.3 is 0 Å². The smallest absolute Gasteiger partial charge is 0.164 e. The van der Waals surface area contributed by atoms with Gasteiger partial charge in [0.1, 0.15) is 28.3 Å². The van der Waals surface area contributed by atoms with Gasteiger partial charge in [0.05, 0.1) is 0 Å². The minimum absolute atomic E-state index is 0.0803. The Morgan fingerprint density at radius 3 is 2.25 bits per heavy atom. The lowest BCUT2D eigenvalue weighted by Crippen LogP contribution is -2.08. The Hall–Kier alpha value is -5.55. The first-order valence-electron chi connectivity index (χ1n) is 15.1. The lowest BCUT2D eigenvalue weighted by atomic mass is 9.86. The molecule has 0 amide bonds. The molecule has 0 fully saturated rings. The minimum atomic E-state index is 0.0803. The second-order valence-electron chi connectivity index (χ2n) is 11.5. The summed E-state index contributed by atoms with van der Waals surface area (Å²) in [5.41, 5.74) is 6.81. The van der Waals surface area contributed by atoms with Crippen LogP contribution < -0.4 is 0 Å². The van der Waals surface area contributed by atoms with Crippen LogP contribution >= 0.6 is 0 Å². The SMILES string of the molecule is C1=CCC(c2nc(-c3ccccc3)nc(-c3cc(C4C=Cc5c(oc6ccccc56)C4)cc4oc5ccccc5c34)n2)C=C1. The van der Waals surface area contributed by atoms with Gasteiger partial charge in [0, 0.05) is 51.1 Å². The molecule has 4 aromatic carbocycles. The Balaban J connectivity index is 1.25. The van der Waals surface area contributed by atoms with Crippen LogP contribution in [0, 0.1) is 0 Å². The molecule has 0 saturated carbocycles. The number of para-hydroxylation sites is 2. The molecule has 3 heterocycles. The molecule has 0 saturated heterocycles. The number of nitrogens with zero attached hydrogens (tertiary/aromatic N) is 3. The van der Waals surface area contributed by atoms with Gasteiger partial charge < -0.3 is 8.83 Å². The molecular weight excluding hydrogens is 542 g/mol. The van der Waals surface area contributed by atoms with Crippen molar-refractivity contribution in [3.8, 4) is 22.8 Å². The van der Waals surface area contributed by atoms with Gasteiger partial charge in [-0.1, -0.05) is 103 Å². The first kappa shape index (κ1) is 25.0. The molecule has 2 aliphatic carbocycles. The summed E-state index contributed by atoms with van der Waals surface area (Å²) in [6, 6.07) is 31.0. The van der Waals surface area contributed by atoms with E-state index in [1.165, 1.54) is 5.56 Å². The number of aromatic nitrogens is 3. The van der Waals surface area contributed by atoms with E-state index in [2.05, 4.69) is 85.0 Å².